The highest BCUT2D eigenvalue weighted by Gasteiger charge is 2.03. The zero-order valence-corrected chi connectivity index (χ0v) is 11.4. The first-order chi connectivity index (χ1) is 10.7. The third kappa shape index (κ3) is 3.04. The van der Waals surface area contributed by atoms with Crippen LogP contribution in [0.25, 0.3) is 11.3 Å². The van der Waals surface area contributed by atoms with Gasteiger partial charge >= 0.3 is 0 Å². The Hall–Kier alpha value is -3.35. The van der Waals surface area contributed by atoms with E-state index < -0.39 is 4.92 Å². The van der Waals surface area contributed by atoms with Gasteiger partial charge in [-0.2, -0.15) is 5.10 Å². The Morgan fingerprint density at radius 2 is 1.82 bits per heavy atom. The first-order valence-electron chi connectivity index (χ1n) is 6.49. The van der Waals surface area contributed by atoms with Crippen molar-refractivity contribution in [3.63, 3.8) is 0 Å². The maximum Gasteiger partial charge on any atom is 0.269 e. The summed E-state index contributed by atoms with van der Waals surface area (Å²) in [4.78, 5) is 11.5. The van der Waals surface area contributed by atoms with Gasteiger partial charge in [0.05, 0.1) is 17.3 Å². The highest BCUT2D eigenvalue weighted by atomic mass is 16.6. The van der Waals surface area contributed by atoms with E-state index in [2.05, 4.69) is 15.4 Å². The molecule has 0 atom stereocenters. The van der Waals surface area contributed by atoms with Gasteiger partial charge in [0.1, 0.15) is 5.69 Å². The average molecular weight is 293 g/mol. The van der Waals surface area contributed by atoms with Gasteiger partial charge in [-0.15, -0.1) is 9.89 Å². The van der Waals surface area contributed by atoms with E-state index in [0.29, 0.717) is 0 Å². The van der Waals surface area contributed by atoms with Crippen molar-refractivity contribution >= 4 is 11.9 Å². The number of hydrogen-bond acceptors (Lipinski definition) is 5. The zero-order valence-electron chi connectivity index (χ0n) is 11.4. The Labute approximate surface area is 125 Å². The van der Waals surface area contributed by atoms with Crippen LogP contribution in [0.15, 0.2) is 65.9 Å². The summed E-state index contributed by atoms with van der Waals surface area (Å²) in [5.74, 6) is 0. The number of rotatable bonds is 4. The summed E-state index contributed by atoms with van der Waals surface area (Å²) >= 11 is 0. The summed E-state index contributed by atoms with van der Waals surface area (Å²) in [5, 5.41) is 22.7. The van der Waals surface area contributed by atoms with Crippen LogP contribution in [0.2, 0.25) is 0 Å². The highest BCUT2D eigenvalue weighted by Crippen LogP contribution is 2.14. The van der Waals surface area contributed by atoms with Crippen molar-refractivity contribution in [2.45, 2.75) is 0 Å². The Bertz CT molecular complexity index is 809. The minimum absolute atomic E-state index is 0.0456. The van der Waals surface area contributed by atoms with Gasteiger partial charge in [-0.25, -0.2) is 0 Å². The minimum Gasteiger partial charge on any atom is -0.258 e. The summed E-state index contributed by atoms with van der Waals surface area (Å²) in [6, 6.07) is 15.8. The van der Waals surface area contributed by atoms with Crippen LogP contribution in [-0.2, 0) is 0 Å². The second-order valence-electron chi connectivity index (χ2n) is 4.48. The van der Waals surface area contributed by atoms with Crippen molar-refractivity contribution in [1.82, 2.24) is 15.1 Å². The van der Waals surface area contributed by atoms with Crippen molar-refractivity contribution in [1.29, 1.82) is 0 Å². The van der Waals surface area contributed by atoms with Crippen LogP contribution in [0.5, 0.6) is 0 Å². The Kier molecular flexibility index (Phi) is 3.69. The third-order valence-electron chi connectivity index (χ3n) is 2.98. The van der Waals surface area contributed by atoms with Crippen molar-refractivity contribution in [2.75, 3.05) is 0 Å². The number of benzene rings is 2. The first kappa shape index (κ1) is 13.6. The molecule has 0 aliphatic carbocycles. The maximum absolute atomic E-state index is 10.6. The standard InChI is InChI=1S/C15H11N5O2/c21-20(22)14-8-6-12(7-9-14)10-16-19-11-15(17-18-19)13-4-2-1-3-5-13/h1-11H/b16-10+. The van der Waals surface area contributed by atoms with Crippen LogP contribution in [0.4, 0.5) is 5.69 Å². The van der Waals surface area contributed by atoms with Crippen LogP contribution in [0.3, 0.4) is 0 Å². The fourth-order valence-corrected chi connectivity index (χ4v) is 1.86. The number of nitro groups is 1. The van der Waals surface area contributed by atoms with Gasteiger partial charge in [-0.1, -0.05) is 30.3 Å². The summed E-state index contributed by atoms with van der Waals surface area (Å²) < 4.78 is 0. The quantitative estimate of drug-likeness (QED) is 0.420. The molecule has 7 nitrogen and oxygen atoms in total. The first-order valence-corrected chi connectivity index (χ1v) is 6.49. The zero-order chi connectivity index (χ0) is 15.4. The lowest BCUT2D eigenvalue weighted by Crippen LogP contribution is -1.92. The van der Waals surface area contributed by atoms with E-state index in [9.17, 15) is 10.1 Å². The molecule has 1 aromatic heterocycles. The normalized spacial score (nSPS) is 10.9. The molecule has 7 heteroatoms. The third-order valence-corrected chi connectivity index (χ3v) is 2.98. The van der Waals surface area contributed by atoms with E-state index in [1.165, 1.54) is 16.9 Å². The molecule has 0 bridgehead atoms. The molecule has 0 radical (unpaired) electrons. The fraction of sp³-hybridized carbons (Fsp3) is 0. The van der Waals surface area contributed by atoms with E-state index in [4.69, 9.17) is 0 Å². The van der Waals surface area contributed by atoms with Crippen molar-refractivity contribution in [3.8, 4) is 11.3 Å². The van der Waals surface area contributed by atoms with E-state index >= 15 is 0 Å². The van der Waals surface area contributed by atoms with Crippen LogP contribution < -0.4 is 0 Å². The SMILES string of the molecule is O=[N+]([O-])c1ccc(/C=N/n2cc(-c3ccccc3)nn2)cc1. The smallest absolute Gasteiger partial charge is 0.258 e. The van der Waals surface area contributed by atoms with E-state index in [0.717, 1.165) is 16.8 Å². The molecule has 2 aromatic carbocycles. The van der Waals surface area contributed by atoms with Crippen molar-refractivity contribution in [2.24, 2.45) is 5.10 Å². The summed E-state index contributed by atoms with van der Waals surface area (Å²) in [6.45, 7) is 0. The molecule has 0 fully saturated rings. The Morgan fingerprint density at radius 1 is 1.09 bits per heavy atom. The van der Waals surface area contributed by atoms with Gasteiger partial charge in [0.2, 0.25) is 0 Å². The Morgan fingerprint density at radius 3 is 2.50 bits per heavy atom. The molecule has 0 saturated carbocycles. The lowest BCUT2D eigenvalue weighted by molar-refractivity contribution is -0.384. The second kappa shape index (κ2) is 5.96. The van der Waals surface area contributed by atoms with Crippen LogP contribution in [0.1, 0.15) is 5.56 Å². The van der Waals surface area contributed by atoms with Crippen molar-refractivity contribution in [3.05, 3.63) is 76.5 Å². The number of nitro benzene ring substituents is 1. The maximum atomic E-state index is 10.6. The van der Waals surface area contributed by atoms with Gasteiger partial charge in [-0.05, 0) is 22.9 Å². The summed E-state index contributed by atoms with van der Waals surface area (Å²) in [5.41, 5.74) is 2.47. The van der Waals surface area contributed by atoms with Gasteiger partial charge in [0.15, 0.2) is 0 Å². The molecule has 22 heavy (non-hydrogen) atoms. The molecular weight excluding hydrogens is 282 g/mol. The summed E-state index contributed by atoms with van der Waals surface area (Å²) in [6.07, 6.45) is 3.27. The van der Waals surface area contributed by atoms with Gasteiger partial charge in [-0.3, -0.25) is 10.1 Å². The lowest BCUT2D eigenvalue weighted by atomic mass is 10.2. The van der Waals surface area contributed by atoms with Crippen LogP contribution in [0, 0.1) is 10.1 Å². The topological polar surface area (TPSA) is 86.2 Å². The predicted molar refractivity (Wildman–Crippen MR) is 81.5 cm³/mol. The molecular formula is C15H11N5O2. The molecule has 3 rings (SSSR count). The molecule has 0 spiro atoms. The Balaban J connectivity index is 1.76. The molecule has 0 aliphatic heterocycles. The van der Waals surface area contributed by atoms with Crippen LogP contribution >= 0.6 is 0 Å². The predicted octanol–water partition coefficient (Wildman–Crippen LogP) is 2.74. The molecule has 1 heterocycles. The molecule has 3 aromatic rings. The van der Waals surface area contributed by atoms with Crippen LogP contribution in [-0.4, -0.2) is 26.2 Å². The largest absolute Gasteiger partial charge is 0.269 e. The number of hydrogen-bond donors (Lipinski definition) is 0. The fourth-order valence-electron chi connectivity index (χ4n) is 1.86. The number of non-ortho nitro benzene ring substituents is 1. The molecule has 0 saturated heterocycles. The second-order valence-corrected chi connectivity index (χ2v) is 4.48. The van der Waals surface area contributed by atoms with Gasteiger partial charge in [0.25, 0.3) is 5.69 Å². The van der Waals surface area contributed by atoms with Gasteiger partial charge < -0.3 is 0 Å². The molecule has 0 amide bonds. The molecule has 0 N–H and O–H groups in total. The molecule has 0 unspecified atom stereocenters. The molecule has 0 aliphatic rings. The van der Waals surface area contributed by atoms with Gasteiger partial charge in [0, 0.05) is 17.7 Å². The van der Waals surface area contributed by atoms with Crippen molar-refractivity contribution < 1.29 is 4.92 Å². The summed E-state index contributed by atoms with van der Waals surface area (Å²) in [7, 11) is 0. The minimum atomic E-state index is -0.440. The van der Waals surface area contributed by atoms with E-state index in [1.807, 2.05) is 30.3 Å². The number of nitrogens with zero attached hydrogens (tertiary/aromatic N) is 5. The highest BCUT2D eigenvalue weighted by molar-refractivity contribution is 5.79. The van der Waals surface area contributed by atoms with E-state index in [1.54, 1.807) is 24.5 Å². The van der Waals surface area contributed by atoms with E-state index in [-0.39, 0.29) is 5.69 Å². The molecule has 108 valence electrons. The number of aromatic nitrogens is 3. The average Bonchev–Trinajstić information content (AvgIpc) is 3.03. The monoisotopic (exact) mass is 293 g/mol. The lowest BCUT2D eigenvalue weighted by Gasteiger charge is -1.93.